The van der Waals surface area contributed by atoms with Crippen LogP contribution in [0.15, 0.2) is 17.1 Å². The van der Waals surface area contributed by atoms with Gasteiger partial charge in [-0.15, -0.1) is 0 Å². The molecule has 2 heterocycles. The van der Waals surface area contributed by atoms with E-state index in [9.17, 15) is 4.79 Å². The summed E-state index contributed by atoms with van der Waals surface area (Å²) >= 11 is 0. The van der Waals surface area contributed by atoms with Gasteiger partial charge in [-0.1, -0.05) is 0 Å². The van der Waals surface area contributed by atoms with Crippen molar-refractivity contribution in [2.75, 3.05) is 24.6 Å². The van der Waals surface area contributed by atoms with Gasteiger partial charge in [-0.25, -0.2) is 4.68 Å². The van der Waals surface area contributed by atoms with Gasteiger partial charge in [-0.2, -0.15) is 10.4 Å². The van der Waals surface area contributed by atoms with Crippen LogP contribution in [-0.4, -0.2) is 35.1 Å². The molecule has 0 amide bonds. The highest BCUT2D eigenvalue weighted by Gasteiger charge is 2.27. The highest BCUT2D eigenvalue weighted by atomic mass is 16.5. The summed E-state index contributed by atoms with van der Waals surface area (Å²) in [5, 5.41) is 12.6. The molecular formula is C13H18N4O2. The molecule has 1 aliphatic heterocycles. The lowest BCUT2D eigenvalue weighted by molar-refractivity contribution is -0.0277. The Morgan fingerprint density at radius 3 is 3.00 bits per heavy atom. The second-order valence-corrected chi connectivity index (χ2v) is 5.21. The van der Waals surface area contributed by atoms with Crippen LogP contribution in [0.3, 0.4) is 0 Å². The first kappa shape index (κ1) is 13.6. The molecular weight excluding hydrogens is 244 g/mol. The van der Waals surface area contributed by atoms with Crippen LogP contribution in [0, 0.1) is 11.3 Å². The van der Waals surface area contributed by atoms with Crippen LogP contribution >= 0.6 is 0 Å². The molecule has 19 heavy (non-hydrogen) atoms. The topological polar surface area (TPSA) is 71.2 Å². The maximum absolute atomic E-state index is 11.9. The van der Waals surface area contributed by atoms with Crippen molar-refractivity contribution in [1.82, 2.24) is 9.78 Å². The van der Waals surface area contributed by atoms with Gasteiger partial charge in [0, 0.05) is 19.2 Å². The van der Waals surface area contributed by atoms with Crippen molar-refractivity contribution in [3.05, 3.63) is 22.6 Å². The number of aryl methyl sites for hydroxylation is 1. The lowest BCUT2D eigenvalue weighted by Crippen LogP contribution is -2.48. The Labute approximate surface area is 112 Å². The molecule has 6 heteroatoms. The lowest BCUT2D eigenvalue weighted by Gasteiger charge is -2.39. The van der Waals surface area contributed by atoms with E-state index in [0.717, 1.165) is 18.8 Å². The molecule has 1 aromatic heterocycles. The third kappa shape index (κ3) is 3.32. The van der Waals surface area contributed by atoms with Crippen molar-refractivity contribution in [2.45, 2.75) is 32.4 Å². The standard InChI is InChI=1S/C13H18N4O2/c1-13(2)10-16(6-7-19-13)11-8-12(18)17(15-9-11)5-3-4-14/h8-9H,3,5-7,10H2,1-2H3. The lowest BCUT2D eigenvalue weighted by atomic mass is 10.1. The predicted molar refractivity (Wildman–Crippen MR) is 71.0 cm³/mol. The summed E-state index contributed by atoms with van der Waals surface area (Å²) in [5.74, 6) is 0. The van der Waals surface area contributed by atoms with Gasteiger partial charge >= 0.3 is 0 Å². The minimum Gasteiger partial charge on any atom is -0.372 e. The molecule has 0 aromatic carbocycles. The van der Waals surface area contributed by atoms with Gasteiger partial charge in [0.2, 0.25) is 0 Å². The highest BCUT2D eigenvalue weighted by Crippen LogP contribution is 2.21. The van der Waals surface area contributed by atoms with Crippen molar-refractivity contribution >= 4 is 5.69 Å². The summed E-state index contributed by atoms with van der Waals surface area (Å²) in [6.07, 6.45) is 1.97. The van der Waals surface area contributed by atoms with E-state index in [2.05, 4.69) is 10.00 Å². The number of aromatic nitrogens is 2. The highest BCUT2D eigenvalue weighted by molar-refractivity contribution is 5.43. The molecule has 0 unspecified atom stereocenters. The number of nitriles is 1. The van der Waals surface area contributed by atoms with Gasteiger partial charge < -0.3 is 9.64 Å². The number of rotatable bonds is 3. The zero-order valence-corrected chi connectivity index (χ0v) is 11.3. The van der Waals surface area contributed by atoms with Crippen LogP contribution in [0.2, 0.25) is 0 Å². The van der Waals surface area contributed by atoms with Crippen LogP contribution in [0.25, 0.3) is 0 Å². The van der Waals surface area contributed by atoms with E-state index >= 15 is 0 Å². The Balaban J connectivity index is 2.16. The molecule has 0 saturated carbocycles. The molecule has 0 N–H and O–H groups in total. The number of hydrogen-bond donors (Lipinski definition) is 0. The van der Waals surface area contributed by atoms with Crippen molar-refractivity contribution in [1.29, 1.82) is 5.26 Å². The van der Waals surface area contributed by atoms with Crippen molar-refractivity contribution in [2.24, 2.45) is 0 Å². The molecule has 2 rings (SSSR count). The van der Waals surface area contributed by atoms with Crippen LogP contribution in [0.1, 0.15) is 20.3 Å². The molecule has 0 spiro atoms. The number of ether oxygens (including phenoxy) is 1. The molecule has 1 fully saturated rings. The zero-order chi connectivity index (χ0) is 13.9. The van der Waals surface area contributed by atoms with Gasteiger partial charge in [0.05, 0.1) is 43.1 Å². The predicted octanol–water partition coefficient (Wildman–Crippen LogP) is 0.772. The first-order valence-corrected chi connectivity index (χ1v) is 6.35. The van der Waals surface area contributed by atoms with Crippen LogP contribution in [0.4, 0.5) is 5.69 Å². The van der Waals surface area contributed by atoms with Crippen molar-refractivity contribution in [3.63, 3.8) is 0 Å². The van der Waals surface area contributed by atoms with Gasteiger partial charge in [0.1, 0.15) is 0 Å². The van der Waals surface area contributed by atoms with E-state index < -0.39 is 0 Å². The number of anilines is 1. The summed E-state index contributed by atoms with van der Waals surface area (Å²) < 4.78 is 6.96. The number of hydrogen-bond acceptors (Lipinski definition) is 5. The molecule has 6 nitrogen and oxygen atoms in total. The molecule has 0 radical (unpaired) electrons. The fourth-order valence-electron chi connectivity index (χ4n) is 2.16. The van der Waals surface area contributed by atoms with Crippen molar-refractivity contribution < 1.29 is 4.74 Å². The zero-order valence-electron chi connectivity index (χ0n) is 11.3. The molecule has 1 saturated heterocycles. The van der Waals surface area contributed by atoms with Gasteiger partial charge in [0.25, 0.3) is 5.56 Å². The second-order valence-electron chi connectivity index (χ2n) is 5.21. The molecule has 0 bridgehead atoms. The summed E-state index contributed by atoms with van der Waals surface area (Å²) in [7, 11) is 0. The fraction of sp³-hybridized carbons (Fsp3) is 0.615. The van der Waals surface area contributed by atoms with E-state index in [-0.39, 0.29) is 17.6 Å². The largest absolute Gasteiger partial charge is 0.372 e. The van der Waals surface area contributed by atoms with Crippen LogP contribution < -0.4 is 10.5 Å². The minimum absolute atomic E-state index is 0.169. The smallest absolute Gasteiger partial charge is 0.268 e. The average Bonchev–Trinajstić information content (AvgIpc) is 2.36. The van der Waals surface area contributed by atoms with E-state index in [0.29, 0.717) is 13.2 Å². The fourth-order valence-corrected chi connectivity index (χ4v) is 2.16. The summed E-state index contributed by atoms with van der Waals surface area (Å²) in [5.41, 5.74) is 0.431. The Kier molecular flexibility index (Phi) is 3.86. The molecule has 1 aromatic rings. The molecule has 0 aliphatic carbocycles. The molecule has 1 aliphatic rings. The molecule has 102 valence electrons. The monoisotopic (exact) mass is 262 g/mol. The number of nitrogens with zero attached hydrogens (tertiary/aromatic N) is 4. The van der Waals surface area contributed by atoms with E-state index in [1.165, 1.54) is 4.68 Å². The van der Waals surface area contributed by atoms with Gasteiger partial charge in [-0.05, 0) is 13.8 Å². The Bertz CT molecular complexity index is 544. The summed E-state index contributed by atoms with van der Waals surface area (Å²) in [4.78, 5) is 14.0. The van der Waals surface area contributed by atoms with E-state index in [1.54, 1.807) is 12.3 Å². The Hall–Kier alpha value is -1.87. The van der Waals surface area contributed by atoms with Crippen LogP contribution in [-0.2, 0) is 11.3 Å². The van der Waals surface area contributed by atoms with Gasteiger partial charge in [0.15, 0.2) is 0 Å². The first-order chi connectivity index (χ1) is 9.02. The Morgan fingerprint density at radius 1 is 1.58 bits per heavy atom. The Morgan fingerprint density at radius 2 is 2.37 bits per heavy atom. The second kappa shape index (κ2) is 5.41. The van der Waals surface area contributed by atoms with Gasteiger partial charge in [-0.3, -0.25) is 4.79 Å². The quantitative estimate of drug-likeness (QED) is 0.804. The number of morpholine rings is 1. The molecule has 0 atom stereocenters. The minimum atomic E-state index is -0.214. The van der Waals surface area contributed by atoms with Crippen molar-refractivity contribution in [3.8, 4) is 6.07 Å². The average molecular weight is 262 g/mol. The third-order valence-electron chi connectivity index (χ3n) is 3.08. The SMILES string of the molecule is CC1(C)CN(c2cnn(CCC#N)c(=O)c2)CCO1. The summed E-state index contributed by atoms with van der Waals surface area (Å²) in [6, 6.07) is 3.58. The van der Waals surface area contributed by atoms with E-state index in [4.69, 9.17) is 10.00 Å². The third-order valence-corrected chi connectivity index (χ3v) is 3.08. The maximum Gasteiger partial charge on any atom is 0.268 e. The normalized spacial score (nSPS) is 18.1. The van der Waals surface area contributed by atoms with Crippen LogP contribution in [0.5, 0.6) is 0 Å². The first-order valence-electron chi connectivity index (χ1n) is 6.35. The summed E-state index contributed by atoms with van der Waals surface area (Å²) in [6.45, 7) is 6.53. The maximum atomic E-state index is 11.9. The van der Waals surface area contributed by atoms with E-state index in [1.807, 2.05) is 19.9 Å².